The maximum Gasteiger partial charge on any atom is 0.369 e. The fourth-order valence-corrected chi connectivity index (χ4v) is 3.94. The second kappa shape index (κ2) is 8.03. The summed E-state index contributed by atoms with van der Waals surface area (Å²) in [5, 5.41) is 13.4. The molecule has 2 aromatic heterocycles. The third kappa shape index (κ3) is 4.02. The van der Waals surface area contributed by atoms with E-state index in [1.807, 2.05) is 22.4 Å². The number of halogens is 1. The SMILES string of the molecule is O=C(CN1CCC(n2nnn(-c3cccs3)c2=O)CC1)Nc1ccc(F)cc1. The summed E-state index contributed by atoms with van der Waals surface area (Å²) >= 11 is 1.43. The highest BCUT2D eigenvalue weighted by Crippen LogP contribution is 2.20. The second-order valence-corrected chi connectivity index (χ2v) is 7.56. The van der Waals surface area contributed by atoms with Crippen LogP contribution in [0.15, 0.2) is 46.6 Å². The molecule has 146 valence electrons. The van der Waals surface area contributed by atoms with Crippen LogP contribution in [-0.2, 0) is 4.79 Å². The summed E-state index contributed by atoms with van der Waals surface area (Å²) in [4.78, 5) is 26.8. The predicted molar refractivity (Wildman–Crippen MR) is 103 cm³/mol. The minimum atomic E-state index is -0.341. The molecule has 1 aliphatic rings. The van der Waals surface area contributed by atoms with Crippen LogP contribution >= 0.6 is 11.3 Å². The van der Waals surface area contributed by atoms with Gasteiger partial charge in [0, 0.05) is 18.8 Å². The average Bonchev–Trinajstić information content (AvgIpc) is 3.34. The quantitative estimate of drug-likeness (QED) is 0.705. The Bertz CT molecular complexity index is 990. The molecular formula is C18H19FN6O2S. The number of carbonyl (C=O) groups is 1. The maximum absolute atomic E-state index is 12.9. The number of likely N-dealkylation sites (tertiary alicyclic amines) is 1. The minimum absolute atomic E-state index is 0.0300. The molecule has 1 saturated heterocycles. The van der Waals surface area contributed by atoms with Crippen LogP contribution in [0.4, 0.5) is 10.1 Å². The summed E-state index contributed by atoms with van der Waals surface area (Å²) in [6, 6.07) is 9.34. The number of piperidine rings is 1. The molecule has 1 amide bonds. The van der Waals surface area contributed by atoms with Crippen LogP contribution < -0.4 is 11.0 Å². The molecule has 10 heteroatoms. The van der Waals surface area contributed by atoms with E-state index in [-0.39, 0.29) is 30.0 Å². The first kappa shape index (κ1) is 18.5. The Kier molecular flexibility index (Phi) is 5.31. The zero-order chi connectivity index (χ0) is 19.5. The van der Waals surface area contributed by atoms with Gasteiger partial charge in [-0.05, 0) is 65.0 Å². The third-order valence-corrected chi connectivity index (χ3v) is 5.56. The summed E-state index contributed by atoms with van der Waals surface area (Å²) < 4.78 is 15.7. The van der Waals surface area contributed by atoms with E-state index in [0.29, 0.717) is 31.6 Å². The highest BCUT2D eigenvalue weighted by molar-refractivity contribution is 7.12. The lowest BCUT2D eigenvalue weighted by molar-refractivity contribution is -0.117. The highest BCUT2D eigenvalue weighted by Gasteiger charge is 2.25. The maximum atomic E-state index is 12.9. The van der Waals surface area contributed by atoms with Gasteiger partial charge in [0.15, 0.2) is 0 Å². The number of hydrogen-bond donors (Lipinski definition) is 1. The number of thiophene rings is 1. The molecule has 0 radical (unpaired) electrons. The van der Waals surface area contributed by atoms with Crippen LogP contribution in [0, 0.1) is 5.82 Å². The van der Waals surface area contributed by atoms with E-state index in [2.05, 4.69) is 15.7 Å². The lowest BCUT2D eigenvalue weighted by Gasteiger charge is -2.30. The molecule has 0 unspecified atom stereocenters. The topological polar surface area (TPSA) is 85.1 Å². The number of rotatable bonds is 5. The number of carbonyl (C=O) groups excluding carboxylic acids is 1. The Morgan fingerprint density at radius 3 is 2.61 bits per heavy atom. The van der Waals surface area contributed by atoms with Crippen LogP contribution in [0.5, 0.6) is 0 Å². The first-order valence-electron chi connectivity index (χ1n) is 8.96. The first-order valence-corrected chi connectivity index (χ1v) is 9.84. The lowest BCUT2D eigenvalue weighted by Crippen LogP contribution is -2.41. The Balaban J connectivity index is 1.32. The molecule has 8 nitrogen and oxygen atoms in total. The van der Waals surface area contributed by atoms with Crippen molar-refractivity contribution < 1.29 is 9.18 Å². The molecule has 0 saturated carbocycles. The van der Waals surface area contributed by atoms with Crippen LogP contribution in [0.3, 0.4) is 0 Å². The van der Waals surface area contributed by atoms with Crippen molar-refractivity contribution in [3.8, 4) is 5.00 Å². The molecule has 3 aromatic rings. The number of aromatic nitrogens is 4. The second-order valence-electron chi connectivity index (χ2n) is 6.63. The number of nitrogens with one attached hydrogen (secondary N) is 1. The number of hydrogen-bond acceptors (Lipinski definition) is 6. The predicted octanol–water partition coefficient (Wildman–Crippen LogP) is 1.91. The summed E-state index contributed by atoms with van der Waals surface area (Å²) in [6.07, 6.45) is 1.43. The number of nitrogens with zero attached hydrogens (tertiary/aromatic N) is 5. The monoisotopic (exact) mass is 402 g/mol. The van der Waals surface area contributed by atoms with Gasteiger partial charge in [0.25, 0.3) is 0 Å². The largest absolute Gasteiger partial charge is 0.369 e. The Morgan fingerprint density at radius 1 is 1.18 bits per heavy atom. The molecule has 1 aliphatic heterocycles. The van der Waals surface area contributed by atoms with Gasteiger partial charge in [0.05, 0.1) is 12.6 Å². The molecular weight excluding hydrogens is 383 g/mol. The molecule has 0 bridgehead atoms. The van der Waals surface area contributed by atoms with Gasteiger partial charge in [-0.3, -0.25) is 9.69 Å². The van der Waals surface area contributed by atoms with Crippen molar-refractivity contribution in [1.82, 2.24) is 24.7 Å². The van der Waals surface area contributed by atoms with Crippen molar-refractivity contribution in [2.45, 2.75) is 18.9 Å². The van der Waals surface area contributed by atoms with E-state index >= 15 is 0 Å². The van der Waals surface area contributed by atoms with Gasteiger partial charge in [-0.1, -0.05) is 0 Å². The van der Waals surface area contributed by atoms with Crippen molar-refractivity contribution in [3.63, 3.8) is 0 Å². The van der Waals surface area contributed by atoms with Crippen LogP contribution in [0.1, 0.15) is 18.9 Å². The van der Waals surface area contributed by atoms with Crippen LogP contribution in [0.25, 0.3) is 5.00 Å². The summed E-state index contributed by atoms with van der Waals surface area (Å²) in [7, 11) is 0. The number of tetrazole rings is 1. The third-order valence-electron chi connectivity index (χ3n) is 4.72. The summed E-state index contributed by atoms with van der Waals surface area (Å²) in [5.41, 5.74) is 0.327. The molecule has 28 heavy (non-hydrogen) atoms. The van der Waals surface area contributed by atoms with E-state index in [0.717, 1.165) is 5.00 Å². The van der Waals surface area contributed by atoms with Gasteiger partial charge in [-0.15, -0.1) is 11.3 Å². The number of anilines is 1. The van der Waals surface area contributed by atoms with Gasteiger partial charge in [-0.25, -0.2) is 9.18 Å². The fourth-order valence-electron chi connectivity index (χ4n) is 3.27. The summed E-state index contributed by atoms with van der Waals surface area (Å²) in [5.74, 6) is -0.489. The Labute approximate surface area is 164 Å². The van der Waals surface area contributed by atoms with Gasteiger partial charge < -0.3 is 5.32 Å². The highest BCUT2D eigenvalue weighted by atomic mass is 32.1. The van der Waals surface area contributed by atoms with Crippen molar-refractivity contribution in [3.05, 3.63) is 58.1 Å². The summed E-state index contributed by atoms with van der Waals surface area (Å²) in [6.45, 7) is 1.61. The zero-order valence-electron chi connectivity index (χ0n) is 15.0. The zero-order valence-corrected chi connectivity index (χ0v) is 15.8. The van der Waals surface area contributed by atoms with Crippen molar-refractivity contribution in [2.24, 2.45) is 0 Å². The van der Waals surface area contributed by atoms with E-state index in [1.165, 1.54) is 45.0 Å². The van der Waals surface area contributed by atoms with Gasteiger partial charge in [-0.2, -0.15) is 9.36 Å². The van der Waals surface area contributed by atoms with E-state index < -0.39 is 0 Å². The standard InChI is InChI=1S/C18H19FN6O2S/c19-13-3-5-14(6-4-13)20-16(26)12-23-9-7-15(8-10-23)24-18(27)25(22-21-24)17-2-1-11-28-17/h1-6,11,15H,7-10,12H2,(H,20,26). The Hall–Kier alpha value is -2.85. The van der Waals surface area contributed by atoms with Crippen molar-refractivity contribution in [1.29, 1.82) is 0 Å². The molecule has 0 aliphatic carbocycles. The molecule has 0 atom stereocenters. The molecule has 1 fully saturated rings. The molecule has 0 spiro atoms. The van der Waals surface area contributed by atoms with E-state index in [9.17, 15) is 14.0 Å². The van der Waals surface area contributed by atoms with Gasteiger partial charge >= 0.3 is 5.69 Å². The average molecular weight is 402 g/mol. The Morgan fingerprint density at radius 2 is 1.93 bits per heavy atom. The molecule has 1 aromatic carbocycles. The van der Waals surface area contributed by atoms with Crippen molar-refractivity contribution >= 4 is 22.9 Å². The smallest absolute Gasteiger partial charge is 0.325 e. The molecule has 3 heterocycles. The van der Waals surface area contributed by atoms with Gasteiger partial charge in [0.2, 0.25) is 5.91 Å². The molecule has 4 rings (SSSR count). The van der Waals surface area contributed by atoms with Crippen molar-refractivity contribution in [2.75, 3.05) is 25.0 Å². The van der Waals surface area contributed by atoms with Crippen LogP contribution in [0.2, 0.25) is 0 Å². The van der Waals surface area contributed by atoms with E-state index in [1.54, 1.807) is 0 Å². The first-order chi connectivity index (χ1) is 13.6. The minimum Gasteiger partial charge on any atom is -0.325 e. The normalized spacial score (nSPS) is 15.6. The van der Waals surface area contributed by atoms with Gasteiger partial charge in [0.1, 0.15) is 10.8 Å². The van der Waals surface area contributed by atoms with E-state index in [4.69, 9.17) is 0 Å². The molecule has 1 N–H and O–H groups in total. The number of benzene rings is 1. The van der Waals surface area contributed by atoms with Crippen LogP contribution in [-0.4, -0.2) is 50.2 Å². The fraction of sp³-hybridized carbons (Fsp3) is 0.333. The lowest BCUT2D eigenvalue weighted by atomic mass is 10.1. The number of amides is 1.